The molecule has 0 unspecified atom stereocenters. The predicted molar refractivity (Wildman–Crippen MR) is 135 cm³/mol. The number of nitrogens with zero attached hydrogens (tertiary/aromatic N) is 4. The first-order valence-electron chi connectivity index (χ1n) is 10.7. The summed E-state index contributed by atoms with van der Waals surface area (Å²) in [7, 11) is 0. The van der Waals surface area contributed by atoms with Crippen LogP contribution in [0.15, 0.2) is 104 Å². The SMILES string of the molecule is Cc1cc(C)c(-c2ccccn2)[c-]c1-c1ccccn1.[C-]#N.[Ir+3].[c-]1ccccc1-c1ccccn1. The molecule has 0 aliphatic rings. The molecule has 5 heteroatoms. The second-order valence-corrected chi connectivity index (χ2v) is 7.31. The zero-order valence-corrected chi connectivity index (χ0v) is 21.8. The molecule has 3 aromatic heterocycles. The fraction of sp³-hybridized carbons (Fsp3) is 0.0667. The van der Waals surface area contributed by atoms with Crippen molar-refractivity contribution in [2.75, 3.05) is 0 Å². The van der Waals surface area contributed by atoms with E-state index in [0.29, 0.717) is 0 Å². The van der Waals surface area contributed by atoms with Crippen molar-refractivity contribution >= 4 is 0 Å². The minimum absolute atomic E-state index is 0. The summed E-state index contributed by atoms with van der Waals surface area (Å²) in [6.07, 6.45) is 5.40. The second-order valence-electron chi connectivity index (χ2n) is 7.31. The Morgan fingerprint density at radius 2 is 1.09 bits per heavy atom. The molecule has 0 aliphatic carbocycles. The summed E-state index contributed by atoms with van der Waals surface area (Å²) in [5, 5.41) is 6.25. The van der Waals surface area contributed by atoms with Gasteiger partial charge in [0, 0.05) is 30.0 Å². The van der Waals surface area contributed by atoms with Crippen molar-refractivity contribution in [3.63, 3.8) is 0 Å². The topological polar surface area (TPSA) is 62.5 Å². The van der Waals surface area contributed by atoms with Gasteiger partial charge >= 0.3 is 20.1 Å². The summed E-state index contributed by atoms with van der Waals surface area (Å²) in [6, 6.07) is 34.3. The molecule has 0 aliphatic heterocycles. The molecule has 0 saturated carbocycles. The van der Waals surface area contributed by atoms with Crippen LogP contribution >= 0.6 is 0 Å². The Morgan fingerprint density at radius 1 is 0.629 bits per heavy atom. The molecule has 4 nitrogen and oxygen atoms in total. The van der Waals surface area contributed by atoms with E-state index in [2.05, 4.69) is 47.0 Å². The van der Waals surface area contributed by atoms with Crippen LogP contribution in [0.2, 0.25) is 0 Å². The largest absolute Gasteiger partial charge is 3.00 e. The van der Waals surface area contributed by atoms with Crippen molar-refractivity contribution in [2.45, 2.75) is 13.8 Å². The summed E-state index contributed by atoms with van der Waals surface area (Å²) in [4.78, 5) is 13.1. The molecule has 0 saturated heterocycles. The van der Waals surface area contributed by atoms with Gasteiger partial charge in [0.05, 0.1) is 0 Å². The van der Waals surface area contributed by atoms with Gasteiger partial charge in [-0.3, -0.25) is 9.97 Å². The fourth-order valence-electron chi connectivity index (χ4n) is 3.42. The molecular weight excluding hydrogens is 609 g/mol. The zero-order valence-electron chi connectivity index (χ0n) is 19.4. The van der Waals surface area contributed by atoms with Crippen molar-refractivity contribution in [3.05, 3.63) is 133 Å². The first-order chi connectivity index (χ1) is 16.7. The molecule has 0 N–H and O–H groups in total. The predicted octanol–water partition coefficient (Wildman–Crippen LogP) is 6.87. The van der Waals surface area contributed by atoms with E-state index in [1.54, 1.807) is 6.20 Å². The van der Waals surface area contributed by atoms with E-state index < -0.39 is 0 Å². The molecule has 0 amide bonds. The smallest absolute Gasteiger partial charge is 0.512 e. The van der Waals surface area contributed by atoms with E-state index in [4.69, 9.17) is 11.8 Å². The molecule has 0 fully saturated rings. The Kier molecular flexibility index (Phi) is 11.2. The minimum Gasteiger partial charge on any atom is -0.512 e. The summed E-state index contributed by atoms with van der Waals surface area (Å²) >= 11 is 0. The molecule has 5 rings (SSSR count). The van der Waals surface area contributed by atoms with Gasteiger partial charge in [-0.1, -0.05) is 61.4 Å². The maximum Gasteiger partial charge on any atom is 3.00 e. The summed E-state index contributed by atoms with van der Waals surface area (Å²) in [5.41, 5.74) is 8.34. The quantitative estimate of drug-likeness (QED) is 0.204. The van der Waals surface area contributed by atoms with Crippen molar-refractivity contribution in [1.29, 1.82) is 5.26 Å². The Balaban J connectivity index is 0.000000247. The summed E-state index contributed by atoms with van der Waals surface area (Å²) < 4.78 is 0. The molecular formula is C30H23IrN4. The molecule has 0 atom stereocenters. The van der Waals surface area contributed by atoms with Crippen LogP contribution in [0.1, 0.15) is 11.1 Å². The third kappa shape index (κ3) is 7.52. The summed E-state index contributed by atoms with van der Waals surface area (Å²) in [5.74, 6) is 0. The molecule has 5 aromatic rings. The average molecular weight is 632 g/mol. The number of hydrogen-bond acceptors (Lipinski definition) is 4. The second kappa shape index (κ2) is 14.3. The number of hydrogen-bond donors (Lipinski definition) is 0. The van der Waals surface area contributed by atoms with Crippen molar-refractivity contribution in [3.8, 4) is 33.8 Å². The van der Waals surface area contributed by atoms with Crippen LogP contribution in [0.5, 0.6) is 0 Å². The van der Waals surface area contributed by atoms with E-state index in [-0.39, 0.29) is 20.1 Å². The minimum atomic E-state index is 0. The van der Waals surface area contributed by atoms with Gasteiger partial charge < -0.3 is 16.8 Å². The molecule has 2 aromatic carbocycles. The molecule has 35 heavy (non-hydrogen) atoms. The first-order valence-corrected chi connectivity index (χ1v) is 10.7. The van der Waals surface area contributed by atoms with Crippen LogP contribution in [0.3, 0.4) is 0 Å². The van der Waals surface area contributed by atoms with E-state index in [9.17, 15) is 0 Å². The number of aryl methyl sites for hydroxylation is 2. The van der Waals surface area contributed by atoms with Crippen LogP contribution in [0.4, 0.5) is 0 Å². The first kappa shape index (κ1) is 27.3. The van der Waals surface area contributed by atoms with Crippen molar-refractivity contribution < 1.29 is 20.1 Å². The number of benzene rings is 2. The maximum atomic E-state index is 6.25. The fourth-order valence-corrected chi connectivity index (χ4v) is 3.42. The molecule has 0 bridgehead atoms. The van der Waals surface area contributed by atoms with Crippen LogP contribution in [0.25, 0.3) is 33.8 Å². The van der Waals surface area contributed by atoms with Gasteiger partial charge in [0.25, 0.3) is 0 Å². The maximum absolute atomic E-state index is 6.25. The number of aromatic nitrogens is 3. The van der Waals surface area contributed by atoms with E-state index >= 15 is 0 Å². The standard InChI is InChI=1S/C18H15N2.C11H8N.CN.Ir/c1-13-11-14(2)16(18-8-4-6-10-20-18)12-15(13)17-7-3-5-9-19-17;1-2-6-10(7-3-1)11-8-4-5-9-12-11;1-2;/h3-11H,1-2H3;1-6,8-9H;;/q3*-1;+3. The Labute approximate surface area is 220 Å². The van der Waals surface area contributed by atoms with Gasteiger partial charge in [0.15, 0.2) is 0 Å². The van der Waals surface area contributed by atoms with Gasteiger partial charge in [-0.2, -0.15) is 0 Å². The molecule has 0 spiro atoms. The molecule has 0 radical (unpaired) electrons. The van der Waals surface area contributed by atoms with Crippen LogP contribution < -0.4 is 0 Å². The Hall–Kier alpha value is -3.97. The van der Waals surface area contributed by atoms with Crippen LogP contribution in [0, 0.1) is 37.8 Å². The van der Waals surface area contributed by atoms with E-state index in [1.165, 1.54) is 11.1 Å². The van der Waals surface area contributed by atoms with Crippen molar-refractivity contribution in [1.82, 2.24) is 15.0 Å². The molecule has 172 valence electrons. The van der Waals surface area contributed by atoms with Gasteiger partial charge in [-0.25, -0.2) is 0 Å². The van der Waals surface area contributed by atoms with Crippen molar-refractivity contribution in [2.24, 2.45) is 0 Å². The molecule has 3 heterocycles. The third-order valence-corrected chi connectivity index (χ3v) is 4.96. The normalized spacial score (nSPS) is 9.37. The van der Waals surface area contributed by atoms with Gasteiger partial charge in [-0.05, 0) is 23.9 Å². The number of rotatable bonds is 3. The van der Waals surface area contributed by atoms with Crippen LogP contribution in [-0.2, 0) is 20.1 Å². The average Bonchev–Trinajstić information content (AvgIpc) is 2.92. The Morgan fingerprint density at radius 3 is 1.49 bits per heavy atom. The van der Waals surface area contributed by atoms with E-state index in [0.717, 1.165) is 33.8 Å². The third-order valence-electron chi connectivity index (χ3n) is 4.96. The zero-order chi connectivity index (χ0) is 24.2. The number of pyridine rings is 3. The van der Waals surface area contributed by atoms with Gasteiger partial charge in [-0.15, -0.1) is 59.2 Å². The van der Waals surface area contributed by atoms with E-state index in [1.807, 2.05) is 91.3 Å². The Bertz CT molecular complexity index is 1210. The van der Waals surface area contributed by atoms with Gasteiger partial charge in [0.1, 0.15) is 0 Å². The monoisotopic (exact) mass is 632 g/mol. The van der Waals surface area contributed by atoms with Crippen LogP contribution in [-0.4, -0.2) is 15.0 Å². The summed E-state index contributed by atoms with van der Waals surface area (Å²) in [6.45, 7) is 8.94. The van der Waals surface area contributed by atoms with Gasteiger partial charge in [0.2, 0.25) is 0 Å².